The molecule has 0 bridgehead atoms. The zero-order valence-electron chi connectivity index (χ0n) is 15.4. The van der Waals surface area contributed by atoms with Gasteiger partial charge in [-0.15, -0.1) is 0 Å². The molecule has 0 aliphatic heterocycles. The van der Waals surface area contributed by atoms with Crippen LogP contribution in [0, 0.1) is 5.92 Å². The number of hydrogen-bond acceptors (Lipinski definition) is 6. The Labute approximate surface area is 147 Å². The molecular weight excluding hydrogens is 330 g/mol. The lowest BCUT2D eigenvalue weighted by Gasteiger charge is -2.28. The first-order valence-electron chi connectivity index (χ1n) is 8.16. The van der Waals surface area contributed by atoms with Crippen molar-refractivity contribution in [2.24, 2.45) is 11.7 Å². The van der Waals surface area contributed by atoms with Gasteiger partial charge in [0.15, 0.2) is 0 Å². The number of carbonyl (C=O) groups is 4. The molecule has 4 N–H and O–H groups in total. The summed E-state index contributed by atoms with van der Waals surface area (Å²) >= 11 is 0. The number of hydrogen-bond donors (Lipinski definition) is 3. The molecule has 144 valence electrons. The van der Waals surface area contributed by atoms with Crippen LogP contribution in [0.1, 0.15) is 53.9 Å². The summed E-state index contributed by atoms with van der Waals surface area (Å²) in [5.41, 5.74) is 4.25. The average Bonchev–Trinajstić information content (AvgIpc) is 2.45. The SMILES string of the molecule is CC[C@@H](C)[C@@H](NC(=O)OC(C)(C)C)C(=O)N[C@H](CCC(N)=O)C(=O)[O-]. The Kier molecular flexibility index (Phi) is 8.94. The van der Waals surface area contributed by atoms with E-state index >= 15 is 0 Å². The second-order valence-corrected chi connectivity index (χ2v) is 6.89. The van der Waals surface area contributed by atoms with Crippen molar-refractivity contribution in [1.29, 1.82) is 0 Å². The molecule has 0 aromatic heterocycles. The Bertz CT molecular complexity index is 501. The van der Waals surface area contributed by atoms with Gasteiger partial charge in [0, 0.05) is 6.42 Å². The predicted molar refractivity (Wildman–Crippen MR) is 88.0 cm³/mol. The highest BCUT2D eigenvalue weighted by molar-refractivity contribution is 5.89. The third-order valence-electron chi connectivity index (χ3n) is 3.45. The highest BCUT2D eigenvalue weighted by Crippen LogP contribution is 2.12. The second kappa shape index (κ2) is 9.85. The third-order valence-corrected chi connectivity index (χ3v) is 3.45. The molecule has 0 unspecified atom stereocenters. The monoisotopic (exact) mass is 358 g/mol. The fourth-order valence-electron chi connectivity index (χ4n) is 1.93. The summed E-state index contributed by atoms with van der Waals surface area (Å²) in [4.78, 5) is 46.3. The van der Waals surface area contributed by atoms with Crippen LogP contribution in [0.2, 0.25) is 0 Å². The lowest BCUT2D eigenvalue weighted by Crippen LogP contribution is -2.56. The van der Waals surface area contributed by atoms with Gasteiger partial charge in [-0.3, -0.25) is 9.59 Å². The number of carboxylic acids is 1. The topological polar surface area (TPSA) is 151 Å². The fourth-order valence-corrected chi connectivity index (χ4v) is 1.93. The van der Waals surface area contributed by atoms with Crippen molar-refractivity contribution < 1.29 is 29.0 Å². The molecule has 9 nitrogen and oxygen atoms in total. The van der Waals surface area contributed by atoms with Crippen LogP contribution in [0.15, 0.2) is 0 Å². The van der Waals surface area contributed by atoms with E-state index in [1.165, 1.54) is 0 Å². The molecule has 0 fully saturated rings. The first-order valence-corrected chi connectivity index (χ1v) is 8.16. The molecule has 0 aromatic rings. The predicted octanol–water partition coefficient (Wildman–Crippen LogP) is -0.574. The third kappa shape index (κ3) is 9.53. The van der Waals surface area contributed by atoms with E-state index in [4.69, 9.17) is 10.5 Å². The molecule has 0 rings (SSSR count). The average molecular weight is 358 g/mol. The normalized spacial score (nSPS) is 14.8. The van der Waals surface area contributed by atoms with Crippen LogP contribution in [0.4, 0.5) is 4.79 Å². The van der Waals surface area contributed by atoms with Gasteiger partial charge in [-0.05, 0) is 33.1 Å². The number of rotatable bonds is 9. The van der Waals surface area contributed by atoms with Gasteiger partial charge in [0.05, 0.1) is 12.0 Å². The Morgan fingerprint density at radius 2 is 1.72 bits per heavy atom. The molecule has 25 heavy (non-hydrogen) atoms. The van der Waals surface area contributed by atoms with E-state index in [0.717, 1.165) is 0 Å². The molecule has 0 heterocycles. The van der Waals surface area contributed by atoms with Crippen molar-refractivity contribution in [3.05, 3.63) is 0 Å². The standard InChI is InChI=1S/C16H29N3O6/c1-6-9(2)12(19-15(24)25-16(3,4)5)13(21)18-10(14(22)23)7-8-11(17)20/h9-10,12H,6-8H2,1-5H3,(H2,17,20)(H,18,21)(H,19,24)(H,22,23)/p-1/t9-,10-,12-/m1/s1. The van der Waals surface area contributed by atoms with E-state index in [1.807, 2.05) is 6.92 Å². The summed E-state index contributed by atoms with van der Waals surface area (Å²) < 4.78 is 5.12. The zero-order valence-corrected chi connectivity index (χ0v) is 15.4. The molecule has 0 aliphatic rings. The van der Waals surface area contributed by atoms with E-state index in [2.05, 4.69) is 10.6 Å². The summed E-state index contributed by atoms with van der Waals surface area (Å²) in [6.45, 7) is 8.60. The van der Waals surface area contributed by atoms with Crippen LogP contribution >= 0.6 is 0 Å². The number of amides is 3. The molecule has 3 atom stereocenters. The highest BCUT2D eigenvalue weighted by Gasteiger charge is 2.29. The van der Waals surface area contributed by atoms with Crippen LogP contribution < -0.4 is 21.5 Å². The zero-order chi connectivity index (χ0) is 19.8. The number of primary amides is 1. The fraction of sp³-hybridized carbons (Fsp3) is 0.750. The number of aliphatic carboxylic acids is 1. The van der Waals surface area contributed by atoms with Crippen molar-refractivity contribution >= 4 is 23.9 Å². The summed E-state index contributed by atoms with van der Waals surface area (Å²) in [7, 11) is 0. The van der Waals surface area contributed by atoms with Gasteiger partial charge in [-0.1, -0.05) is 20.3 Å². The van der Waals surface area contributed by atoms with Crippen LogP contribution in [-0.2, 0) is 19.1 Å². The molecule has 0 saturated heterocycles. The van der Waals surface area contributed by atoms with Crippen LogP contribution in [0.5, 0.6) is 0 Å². The van der Waals surface area contributed by atoms with E-state index in [1.54, 1.807) is 27.7 Å². The molecule has 0 aromatic carbocycles. The maximum absolute atomic E-state index is 12.4. The Hall–Kier alpha value is -2.32. The first-order chi connectivity index (χ1) is 11.4. The minimum absolute atomic E-state index is 0.191. The first kappa shape index (κ1) is 22.7. The lowest BCUT2D eigenvalue weighted by atomic mass is 9.98. The van der Waals surface area contributed by atoms with Gasteiger partial charge >= 0.3 is 6.09 Å². The van der Waals surface area contributed by atoms with Crippen LogP contribution in [0.3, 0.4) is 0 Å². The van der Waals surface area contributed by atoms with Gasteiger partial charge in [0.25, 0.3) is 0 Å². The number of alkyl carbamates (subject to hydrolysis) is 1. The summed E-state index contributed by atoms with van der Waals surface area (Å²) in [5.74, 6) is -3.19. The smallest absolute Gasteiger partial charge is 0.408 e. The summed E-state index contributed by atoms with van der Waals surface area (Å²) in [6.07, 6.45) is -0.629. The number of ether oxygens (including phenoxy) is 1. The minimum atomic E-state index is -1.53. The van der Waals surface area contributed by atoms with Crippen molar-refractivity contribution in [1.82, 2.24) is 10.6 Å². The molecule has 0 saturated carbocycles. The van der Waals surface area contributed by atoms with Gasteiger partial charge < -0.3 is 31.0 Å². The quantitative estimate of drug-likeness (QED) is 0.502. The largest absolute Gasteiger partial charge is 0.548 e. The molecule has 0 radical (unpaired) electrons. The van der Waals surface area contributed by atoms with Crippen LogP contribution in [-0.4, -0.2) is 41.6 Å². The summed E-state index contributed by atoms with van der Waals surface area (Å²) in [5, 5.41) is 15.9. The van der Waals surface area contributed by atoms with E-state index in [9.17, 15) is 24.3 Å². The number of carbonyl (C=O) groups excluding carboxylic acids is 4. The molecular formula is C16H28N3O6-. The van der Waals surface area contributed by atoms with Gasteiger partial charge in [0.2, 0.25) is 11.8 Å². The van der Waals surface area contributed by atoms with Gasteiger partial charge in [0.1, 0.15) is 11.6 Å². The van der Waals surface area contributed by atoms with E-state index in [-0.39, 0.29) is 18.8 Å². The number of carboxylic acid groups (broad SMARTS) is 1. The van der Waals surface area contributed by atoms with E-state index < -0.39 is 41.6 Å². The van der Waals surface area contributed by atoms with E-state index in [0.29, 0.717) is 6.42 Å². The van der Waals surface area contributed by atoms with Gasteiger partial charge in [-0.25, -0.2) is 4.79 Å². The summed E-state index contributed by atoms with van der Waals surface area (Å²) in [6, 6.07) is -2.37. The lowest BCUT2D eigenvalue weighted by molar-refractivity contribution is -0.308. The number of nitrogens with one attached hydrogen (secondary N) is 2. The highest BCUT2D eigenvalue weighted by atomic mass is 16.6. The molecule has 0 spiro atoms. The van der Waals surface area contributed by atoms with Crippen LogP contribution in [0.25, 0.3) is 0 Å². The molecule has 0 aliphatic carbocycles. The maximum atomic E-state index is 12.4. The van der Waals surface area contributed by atoms with Crippen molar-refractivity contribution in [3.8, 4) is 0 Å². The van der Waals surface area contributed by atoms with Gasteiger partial charge in [-0.2, -0.15) is 0 Å². The molecule has 9 heteroatoms. The van der Waals surface area contributed by atoms with Crippen molar-refractivity contribution in [2.75, 3.05) is 0 Å². The maximum Gasteiger partial charge on any atom is 0.408 e. The van der Waals surface area contributed by atoms with Crippen molar-refractivity contribution in [3.63, 3.8) is 0 Å². The number of nitrogens with two attached hydrogens (primary N) is 1. The Morgan fingerprint density at radius 3 is 2.12 bits per heavy atom. The Balaban J connectivity index is 5.06. The second-order valence-electron chi connectivity index (χ2n) is 6.89. The minimum Gasteiger partial charge on any atom is -0.548 e. The van der Waals surface area contributed by atoms with Crippen molar-refractivity contribution in [2.45, 2.75) is 71.6 Å². The Morgan fingerprint density at radius 1 is 1.16 bits per heavy atom. The molecule has 3 amide bonds.